The SMILES string of the molecule is C[C@@H]1c2ccsc2CCN1C(=O)CSc1nc2ccccc2o1. The summed E-state index contributed by atoms with van der Waals surface area (Å²) in [5.41, 5.74) is 2.88. The molecule has 1 aliphatic rings. The maximum absolute atomic E-state index is 12.6. The van der Waals surface area contributed by atoms with Crippen molar-refractivity contribution >= 4 is 40.1 Å². The first-order chi connectivity index (χ1) is 11.2. The zero-order chi connectivity index (χ0) is 15.8. The van der Waals surface area contributed by atoms with Gasteiger partial charge in [0.25, 0.3) is 5.22 Å². The van der Waals surface area contributed by atoms with Crippen molar-refractivity contribution in [3.8, 4) is 0 Å². The van der Waals surface area contributed by atoms with Gasteiger partial charge in [-0.1, -0.05) is 23.9 Å². The molecule has 0 bridgehead atoms. The van der Waals surface area contributed by atoms with E-state index in [-0.39, 0.29) is 11.9 Å². The van der Waals surface area contributed by atoms with Gasteiger partial charge in [0.1, 0.15) is 5.52 Å². The number of nitrogens with zero attached hydrogens (tertiary/aromatic N) is 2. The minimum Gasteiger partial charge on any atom is -0.431 e. The molecule has 3 heterocycles. The number of rotatable bonds is 3. The fourth-order valence-electron chi connectivity index (χ4n) is 2.97. The van der Waals surface area contributed by atoms with Gasteiger partial charge in [0.2, 0.25) is 5.91 Å². The molecule has 118 valence electrons. The maximum Gasteiger partial charge on any atom is 0.257 e. The Hall–Kier alpha value is -1.79. The second kappa shape index (κ2) is 6.02. The third-order valence-corrected chi connectivity index (χ3v) is 6.00. The van der Waals surface area contributed by atoms with Gasteiger partial charge in [-0.3, -0.25) is 4.79 Å². The number of benzene rings is 1. The average molecular weight is 344 g/mol. The van der Waals surface area contributed by atoms with Gasteiger partial charge in [0, 0.05) is 11.4 Å². The van der Waals surface area contributed by atoms with E-state index >= 15 is 0 Å². The monoisotopic (exact) mass is 344 g/mol. The summed E-state index contributed by atoms with van der Waals surface area (Å²) in [5.74, 6) is 0.498. The minimum absolute atomic E-state index is 0.140. The molecule has 0 saturated heterocycles. The number of carbonyl (C=O) groups is 1. The molecule has 0 fully saturated rings. The van der Waals surface area contributed by atoms with Crippen molar-refractivity contribution in [3.63, 3.8) is 0 Å². The van der Waals surface area contributed by atoms with E-state index in [2.05, 4.69) is 23.4 Å². The lowest BCUT2D eigenvalue weighted by Gasteiger charge is -2.33. The van der Waals surface area contributed by atoms with Crippen molar-refractivity contribution in [2.75, 3.05) is 12.3 Å². The highest BCUT2D eigenvalue weighted by Crippen LogP contribution is 2.33. The number of fused-ring (bicyclic) bond motifs is 2. The Morgan fingerprint density at radius 2 is 2.30 bits per heavy atom. The van der Waals surface area contributed by atoms with Crippen molar-refractivity contribution in [2.24, 2.45) is 0 Å². The number of hydrogen-bond acceptors (Lipinski definition) is 5. The molecule has 0 unspecified atom stereocenters. The first-order valence-electron chi connectivity index (χ1n) is 7.56. The smallest absolute Gasteiger partial charge is 0.257 e. The van der Waals surface area contributed by atoms with Crippen LogP contribution in [0, 0.1) is 0 Å². The van der Waals surface area contributed by atoms with Gasteiger partial charge in [-0.05, 0) is 42.5 Å². The van der Waals surface area contributed by atoms with Crippen LogP contribution in [-0.2, 0) is 11.2 Å². The van der Waals surface area contributed by atoms with Crippen molar-refractivity contribution in [2.45, 2.75) is 24.6 Å². The summed E-state index contributed by atoms with van der Waals surface area (Å²) in [4.78, 5) is 20.3. The van der Waals surface area contributed by atoms with Crippen LogP contribution in [0.15, 0.2) is 45.4 Å². The van der Waals surface area contributed by atoms with Crippen molar-refractivity contribution in [1.82, 2.24) is 9.88 Å². The van der Waals surface area contributed by atoms with Crippen LogP contribution in [0.2, 0.25) is 0 Å². The van der Waals surface area contributed by atoms with Gasteiger partial charge >= 0.3 is 0 Å². The molecule has 1 amide bonds. The van der Waals surface area contributed by atoms with E-state index in [0.717, 1.165) is 24.1 Å². The van der Waals surface area contributed by atoms with Gasteiger partial charge in [-0.2, -0.15) is 0 Å². The van der Waals surface area contributed by atoms with E-state index in [1.165, 1.54) is 22.2 Å². The molecule has 4 nitrogen and oxygen atoms in total. The summed E-state index contributed by atoms with van der Waals surface area (Å²) in [5, 5.41) is 2.67. The van der Waals surface area contributed by atoms with E-state index in [1.807, 2.05) is 29.2 Å². The van der Waals surface area contributed by atoms with E-state index < -0.39 is 0 Å². The number of carbonyl (C=O) groups excluding carboxylic acids is 1. The van der Waals surface area contributed by atoms with E-state index in [4.69, 9.17) is 4.42 Å². The van der Waals surface area contributed by atoms with E-state index in [0.29, 0.717) is 11.0 Å². The molecule has 2 aromatic heterocycles. The van der Waals surface area contributed by atoms with Gasteiger partial charge in [0.05, 0.1) is 11.8 Å². The summed E-state index contributed by atoms with van der Waals surface area (Å²) in [6.07, 6.45) is 0.955. The number of thioether (sulfide) groups is 1. The van der Waals surface area contributed by atoms with Crippen LogP contribution < -0.4 is 0 Å². The number of aromatic nitrogens is 1. The Morgan fingerprint density at radius 1 is 1.43 bits per heavy atom. The van der Waals surface area contributed by atoms with Gasteiger partial charge in [-0.25, -0.2) is 4.98 Å². The number of thiophene rings is 1. The largest absolute Gasteiger partial charge is 0.431 e. The van der Waals surface area contributed by atoms with Crippen LogP contribution in [-0.4, -0.2) is 28.1 Å². The first-order valence-corrected chi connectivity index (χ1v) is 9.43. The average Bonchev–Trinajstić information content (AvgIpc) is 3.19. The van der Waals surface area contributed by atoms with Gasteiger partial charge in [-0.15, -0.1) is 11.3 Å². The molecule has 4 rings (SSSR count). The number of oxazole rings is 1. The highest BCUT2D eigenvalue weighted by Gasteiger charge is 2.28. The zero-order valence-electron chi connectivity index (χ0n) is 12.7. The standard InChI is InChI=1S/C17H16N2O2S2/c1-11-12-7-9-22-15(12)6-8-19(11)16(20)10-23-17-18-13-4-2-3-5-14(13)21-17/h2-5,7,9,11H,6,8,10H2,1H3/t11-/m1/s1. The Labute approximate surface area is 142 Å². The molecule has 1 aliphatic heterocycles. The molecule has 0 saturated carbocycles. The number of hydrogen-bond donors (Lipinski definition) is 0. The quantitative estimate of drug-likeness (QED) is 0.670. The lowest BCUT2D eigenvalue weighted by atomic mass is 10.0. The summed E-state index contributed by atoms with van der Waals surface area (Å²) in [6, 6.07) is 9.94. The molecule has 23 heavy (non-hydrogen) atoms. The first kappa shape index (κ1) is 14.8. The van der Waals surface area contributed by atoms with Crippen LogP contribution in [0.5, 0.6) is 0 Å². The maximum atomic E-state index is 12.6. The Kier molecular flexibility index (Phi) is 3.87. The lowest BCUT2D eigenvalue weighted by molar-refractivity contribution is -0.130. The second-order valence-corrected chi connectivity index (χ2v) is 7.48. The van der Waals surface area contributed by atoms with Gasteiger partial charge in [0.15, 0.2) is 5.58 Å². The summed E-state index contributed by atoms with van der Waals surface area (Å²) >= 11 is 3.15. The minimum atomic E-state index is 0.140. The van der Waals surface area contributed by atoms with Crippen LogP contribution in [0.4, 0.5) is 0 Å². The fraction of sp³-hybridized carbons (Fsp3) is 0.294. The Morgan fingerprint density at radius 3 is 3.17 bits per heavy atom. The highest BCUT2D eigenvalue weighted by molar-refractivity contribution is 7.99. The molecule has 1 aromatic carbocycles. The Balaban J connectivity index is 1.44. The molecule has 6 heteroatoms. The third kappa shape index (κ3) is 2.77. The normalized spacial score (nSPS) is 17.4. The van der Waals surface area contributed by atoms with E-state index in [9.17, 15) is 4.79 Å². The van der Waals surface area contributed by atoms with Crippen molar-refractivity contribution in [1.29, 1.82) is 0 Å². The van der Waals surface area contributed by atoms with Crippen LogP contribution >= 0.6 is 23.1 Å². The molecule has 0 radical (unpaired) electrons. The molecular weight excluding hydrogens is 328 g/mol. The fourth-order valence-corrected chi connectivity index (χ4v) is 4.66. The van der Waals surface area contributed by atoms with Crippen molar-refractivity contribution in [3.05, 3.63) is 46.2 Å². The zero-order valence-corrected chi connectivity index (χ0v) is 14.3. The predicted molar refractivity (Wildman–Crippen MR) is 92.9 cm³/mol. The molecule has 0 aliphatic carbocycles. The van der Waals surface area contributed by atoms with Crippen LogP contribution in [0.3, 0.4) is 0 Å². The molecule has 0 spiro atoms. The van der Waals surface area contributed by atoms with Crippen LogP contribution in [0.1, 0.15) is 23.4 Å². The molecular formula is C17H16N2O2S2. The summed E-state index contributed by atoms with van der Waals surface area (Å²) < 4.78 is 5.66. The number of para-hydroxylation sites is 2. The van der Waals surface area contributed by atoms with E-state index in [1.54, 1.807) is 11.3 Å². The summed E-state index contributed by atoms with van der Waals surface area (Å²) in [6.45, 7) is 2.90. The lowest BCUT2D eigenvalue weighted by Crippen LogP contribution is -2.39. The highest BCUT2D eigenvalue weighted by atomic mass is 32.2. The van der Waals surface area contributed by atoms with Crippen LogP contribution in [0.25, 0.3) is 11.1 Å². The molecule has 0 N–H and O–H groups in total. The predicted octanol–water partition coefficient (Wildman–Crippen LogP) is 4.13. The number of amides is 1. The topological polar surface area (TPSA) is 46.3 Å². The Bertz CT molecular complexity index is 822. The van der Waals surface area contributed by atoms with Crippen molar-refractivity contribution < 1.29 is 9.21 Å². The summed E-state index contributed by atoms with van der Waals surface area (Å²) in [7, 11) is 0. The molecule has 3 aromatic rings. The second-order valence-electron chi connectivity index (χ2n) is 5.55. The molecule has 1 atom stereocenters. The third-order valence-electron chi connectivity index (χ3n) is 4.19. The van der Waals surface area contributed by atoms with Gasteiger partial charge < -0.3 is 9.32 Å².